The van der Waals surface area contributed by atoms with E-state index in [1.54, 1.807) is 25.1 Å². The predicted octanol–water partition coefficient (Wildman–Crippen LogP) is 1.81. The van der Waals surface area contributed by atoms with Crippen LogP contribution in [0.15, 0.2) is 64.6 Å². The van der Waals surface area contributed by atoms with Crippen molar-refractivity contribution in [2.24, 2.45) is 5.10 Å². The number of sulfonamides is 1. The van der Waals surface area contributed by atoms with Crippen molar-refractivity contribution in [3.8, 4) is 0 Å². The van der Waals surface area contributed by atoms with Crippen molar-refractivity contribution in [1.82, 2.24) is 10.1 Å². The van der Waals surface area contributed by atoms with Gasteiger partial charge in [0.25, 0.3) is 5.91 Å². The van der Waals surface area contributed by atoms with Gasteiger partial charge in [0, 0.05) is 5.56 Å². The van der Waals surface area contributed by atoms with Crippen molar-refractivity contribution in [2.75, 3.05) is 6.54 Å². The third kappa shape index (κ3) is 4.74. The Labute approximate surface area is 141 Å². The number of nitrogens with one attached hydrogen (secondary N) is 2. The Morgan fingerprint density at radius 2 is 1.67 bits per heavy atom. The second kappa shape index (κ2) is 7.85. The highest BCUT2D eigenvalue weighted by molar-refractivity contribution is 7.89. The van der Waals surface area contributed by atoms with Crippen molar-refractivity contribution in [2.45, 2.75) is 18.7 Å². The zero-order chi connectivity index (χ0) is 17.6. The van der Waals surface area contributed by atoms with Crippen LogP contribution in [-0.4, -0.2) is 26.6 Å². The van der Waals surface area contributed by atoms with E-state index >= 15 is 0 Å². The van der Waals surface area contributed by atoms with Gasteiger partial charge in [-0.05, 0) is 31.5 Å². The molecule has 0 bridgehead atoms. The molecule has 0 atom stereocenters. The number of rotatable bonds is 6. The molecule has 0 aliphatic heterocycles. The van der Waals surface area contributed by atoms with Crippen molar-refractivity contribution in [3.63, 3.8) is 0 Å². The molecule has 0 fully saturated rings. The molecule has 2 N–H and O–H groups in total. The van der Waals surface area contributed by atoms with E-state index in [4.69, 9.17) is 0 Å². The van der Waals surface area contributed by atoms with Crippen LogP contribution in [0.25, 0.3) is 0 Å². The van der Waals surface area contributed by atoms with E-state index in [9.17, 15) is 13.2 Å². The number of hydrazone groups is 1. The average Bonchev–Trinajstić information content (AvgIpc) is 2.59. The van der Waals surface area contributed by atoms with Gasteiger partial charge in [0.15, 0.2) is 0 Å². The van der Waals surface area contributed by atoms with Gasteiger partial charge in [-0.2, -0.15) is 5.10 Å². The second-order valence-electron chi connectivity index (χ2n) is 5.18. The molecule has 0 aliphatic rings. The molecule has 0 aliphatic carbocycles. The quantitative estimate of drug-likeness (QED) is 0.618. The van der Waals surface area contributed by atoms with Gasteiger partial charge in [0.1, 0.15) is 0 Å². The lowest BCUT2D eigenvalue weighted by Gasteiger charge is -2.07. The first kappa shape index (κ1) is 17.8. The molecule has 24 heavy (non-hydrogen) atoms. The maximum absolute atomic E-state index is 12.0. The van der Waals surface area contributed by atoms with Crippen LogP contribution in [0.2, 0.25) is 0 Å². The number of carbonyl (C=O) groups excluding carboxylic acids is 1. The molecule has 0 spiro atoms. The van der Waals surface area contributed by atoms with Gasteiger partial charge in [-0.3, -0.25) is 4.79 Å². The molecule has 0 unspecified atom stereocenters. The molecule has 2 aromatic rings. The smallest absolute Gasteiger partial charge is 0.255 e. The van der Waals surface area contributed by atoms with Gasteiger partial charge in [0.05, 0.1) is 17.2 Å². The third-order valence-electron chi connectivity index (χ3n) is 3.36. The molecule has 0 radical (unpaired) electrons. The summed E-state index contributed by atoms with van der Waals surface area (Å²) in [4.78, 5) is 11.9. The molecule has 1 amide bonds. The summed E-state index contributed by atoms with van der Waals surface area (Å²) in [5, 5.41) is 4.01. The van der Waals surface area contributed by atoms with E-state index < -0.39 is 15.9 Å². The third-order valence-corrected chi connectivity index (χ3v) is 4.78. The lowest BCUT2D eigenvalue weighted by Crippen LogP contribution is -2.35. The van der Waals surface area contributed by atoms with E-state index in [0.29, 0.717) is 5.71 Å². The van der Waals surface area contributed by atoms with Crippen molar-refractivity contribution in [1.29, 1.82) is 0 Å². The van der Waals surface area contributed by atoms with Gasteiger partial charge in [0.2, 0.25) is 10.0 Å². The average molecular weight is 345 g/mol. The first-order valence-electron chi connectivity index (χ1n) is 7.34. The zero-order valence-corrected chi connectivity index (χ0v) is 14.3. The van der Waals surface area contributed by atoms with Crippen LogP contribution in [-0.2, 0) is 14.8 Å². The fourth-order valence-electron chi connectivity index (χ4n) is 2.07. The van der Waals surface area contributed by atoms with Crippen LogP contribution < -0.4 is 10.1 Å². The molecule has 0 heterocycles. The number of hydrogen-bond donors (Lipinski definition) is 2. The number of aryl methyl sites for hydroxylation is 1. The molecule has 7 heteroatoms. The Kier molecular flexibility index (Phi) is 5.83. The van der Waals surface area contributed by atoms with E-state index in [1.807, 2.05) is 31.2 Å². The molecular weight excluding hydrogens is 326 g/mol. The summed E-state index contributed by atoms with van der Waals surface area (Å²) in [6.07, 6.45) is 0. The molecule has 0 saturated heterocycles. The van der Waals surface area contributed by atoms with E-state index in [0.717, 1.165) is 11.1 Å². The molecule has 2 rings (SSSR count). The summed E-state index contributed by atoms with van der Waals surface area (Å²) in [6.45, 7) is 3.34. The summed E-state index contributed by atoms with van der Waals surface area (Å²) in [5.74, 6) is -0.539. The monoisotopic (exact) mass is 345 g/mol. The lowest BCUT2D eigenvalue weighted by atomic mass is 10.1. The summed E-state index contributed by atoms with van der Waals surface area (Å²) >= 11 is 0. The maximum Gasteiger partial charge on any atom is 0.255 e. The van der Waals surface area contributed by atoms with Crippen molar-refractivity contribution in [3.05, 3.63) is 65.7 Å². The normalized spacial score (nSPS) is 12.0. The van der Waals surface area contributed by atoms with Gasteiger partial charge >= 0.3 is 0 Å². The van der Waals surface area contributed by atoms with Crippen molar-refractivity contribution < 1.29 is 13.2 Å². The summed E-state index contributed by atoms with van der Waals surface area (Å²) in [6, 6.07) is 15.5. The lowest BCUT2D eigenvalue weighted by molar-refractivity contribution is -0.119. The first-order chi connectivity index (χ1) is 11.4. The highest BCUT2D eigenvalue weighted by atomic mass is 32.2. The molecule has 0 saturated carbocycles. The molecule has 6 nitrogen and oxygen atoms in total. The fourth-order valence-corrected chi connectivity index (χ4v) is 3.07. The fraction of sp³-hybridized carbons (Fsp3) is 0.176. The first-order valence-corrected chi connectivity index (χ1v) is 8.82. The van der Waals surface area contributed by atoms with Crippen LogP contribution in [0.4, 0.5) is 0 Å². The number of benzene rings is 2. The Morgan fingerprint density at radius 1 is 1.04 bits per heavy atom. The Morgan fingerprint density at radius 3 is 2.33 bits per heavy atom. The standard InChI is InChI=1S/C17H19N3O3S/c1-13-8-6-7-11-16(13)14(2)19-20-17(21)12-18-24(22,23)15-9-4-3-5-10-15/h3-11,18H,12H2,1-2H3,(H,20,21)/b19-14-. The molecule has 126 valence electrons. The topological polar surface area (TPSA) is 87.6 Å². The number of nitrogens with zero attached hydrogens (tertiary/aromatic N) is 1. The van der Waals surface area contributed by atoms with Gasteiger partial charge in [-0.25, -0.2) is 18.6 Å². The maximum atomic E-state index is 12.0. The minimum Gasteiger partial charge on any atom is -0.272 e. The van der Waals surface area contributed by atoms with Gasteiger partial charge in [-0.1, -0.05) is 42.5 Å². The van der Waals surface area contributed by atoms with E-state index in [-0.39, 0.29) is 11.4 Å². The highest BCUT2D eigenvalue weighted by Gasteiger charge is 2.14. The molecule has 2 aromatic carbocycles. The minimum absolute atomic E-state index is 0.109. The summed E-state index contributed by atoms with van der Waals surface area (Å²) in [7, 11) is -3.71. The van der Waals surface area contributed by atoms with Gasteiger partial charge in [-0.15, -0.1) is 0 Å². The predicted molar refractivity (Wildman–Crippen MR) is 93.2 cm³/mol. The highest BCUT2D eigenvalue weighted by Crippen LogP contribution is 2.08. The Bertz CT molecular complexity index is 846. The van der Waals surface area contributed by atoms with Crippen LogP contribution in [0, 0.1) is 6.92 Å². The summed E-state index contributed by atoms with van der Waals surface area (Å²) in [5.41, 5.74) is 4.96. The minimum atomic E-state index is -3.71. The van der Waals surface area contributed by atoms with Crippen LogP contribution >= 0.6 is 0 Å². The number of carbonyl (C=O) groups is 1. The number of amides is 1. The second-order valence-corrected chi connectivity index (χ2v) is 6.95. The van der Waals surface area contributed by atoms with E-state index in [1.165, 1.54) is 12.1 Å². The molecular formula is C17H19N3O3S. The Hall–Kier alpha value is -2.51. The van der Waals surface area contributed by atoms with Gasteiger partial charge < -0.3 is 0 Å². The van der Waals surface area contributed by atoms with Crippen LogP contribution in [0.3, 0.4) is 0 Å². The largest absolute Gasteiger partial charge is 0.272 e. The van der Waals surface area contributed by atoms with Crippen LogP contribution in [0.5, 0.6) is 0 Å². The van der Waals surface area contributed by atoms with Crippen molar-refractivity contribution >= 4 is 21.6 Å². The Balaban J connectivity index is 1.94. The molecule has 0 aromatic heterocycles. The van der Waals surface area contributed by atoms with Crippen LogP contribution in [0.1, 0.15) is 18.1 Å². The SMILES string of the molecule is C/C(=N/NC(=O)CNS(=O)(=O)c1ccccc1)c1ccccc1C. The number of hydrogen-bond acceptors (Lipinski definition) is 4. The zero-order valence-electron chi connectivity index (χ0n) is 13.5. The summed E-state index contributed by atoms with van der Waals surface area (Å²) < 4.78 is 26.3. The van der Waals surface area contributed by atoms with E-state index in [2.05, 4.69) is 15.2 Å².